The van der Waals surface area contributed by atoms with E-state index in [1.807, 2.05) is 0 Å². The summed E-state index contributed by atoms with van der Waals surface area (Å²) in [7, 11) is 0. The van der Waals surface area contributed by atoms with Gasteiger partial charge in [-0.3, -0.25) is 14.5 Å². The van der Waals surface area contributed by atoms with Crippen LogP contribution in [-0.2, 0) is 14.3 Å². The molecule has 0 aromatic rings. The second kappa shape index (κ2) is 8.63. The molecular weight excluding hydrogens is 390 g/mol. The van der Waals surface area contributed by atoms with E-state index in [1.54, 1.807) is 6.92 Å². The molecule has 0 spiro atoms. The second-order valence-corrected chi connectivity index (χ2v) is 8.93. The lowest BCUT2D eigenvalue weighted by Gasteiger charge is -2.45. The fraction of sp³-hybridized carbons (Fsp3) is 0.810. The minimum atomic E-state index is -1.10. The molecule has 4 rings (SSSR count). The highest BCUT2D eigenvalue weighted by atomic mass is 16.5. The predicted molar refractivity (Wildman–Crippen MR) is 106 cm³/mol. The summed E-state index contributed by atoms with van der Waals surface area (Å²) in [5, 5.41) is 25.4. The Morgan fingerprint density at radius 2 is 1.80 bits per heavy atom. The van der Waals surface area contributed by atoms with E-state index in [9.17, 15) is 24.6 Å². The summed E-state index contributed by atoms with van der Waals surface area (Å²) in [6.45, 7) is 1.90. The summed E-state index contributed by atoms with van der Waals surface area (Å²) < 4.78 is 4.82. The molecule has 1 aliphatic heterocycles. The molecule has 3 saturated carbocycles. The molecule has 0 aromatic heterocycles. The second-order valence-electron chi connectivity index (χ2n) is 8.93. The molecule has 0 aromatic carbocycles. The Labute approximate surface area is 175 Å². The maximum absolute atomic E-state index is 13.4. The molecule has 4 aliphatic rings. The minimum Gasteiger partial charge on any atom is -0.449 e. The summed E-state index contributed by atoms with van der Waals surface area (Å²) in [5.74, 6) is -2.27. The van der Waals surface area contributed by atoms with Gasteiger partial charge in [-0.25, -0.2) is 10.2 Å². The van der Waals surface area contributed by atoms with E-state index < -0.39 is 36.1 Å². The van der Waals surface area contributed by atoms with Crippen molar-refractivity contribution >= 4 is 23.6 Å². The zero-order chi connectivity index (χ0) is 21.4. The Bertz CT molecular complexity index is 734. The van der Waals surface area contributed by atoms with Crippen LogP contribution in [0.3, 0.4) is 0 Å². The van der Waals surface area contributed by atoms with Gasteiger partial charge in [0.15, 0.2) is 0 Å². The highest BCUT2D eigenvalue weighted by Crippen LogP contribution is 2.50. The largest absolute Gasteiger partial charge is 0.449 e. The summed E-state index contributed by atoms with van der Waals surface area (Å²) >= 11 is 0. The standard InChI is InChI=1S/C21H31N3O6/c1-2-30-21(29)23-22-14-10-15(25)18(26)16-12(14)8-9-13-17(16)20(28)24(19(13)27)11-6-4-3-5-7-11/h11-13,15-18,25-26H,2-10H2,1H3,(H,23,29)/b22-14+/t12-,13-,15-,16+,17-,18-/m1/s1. The van der Waals surface area contributed by atoms with Gasteiger partial charge in [-0.05, 0) is 32.6 Å². The first-order valence-corrected chi connectivity index (χ1v) is 11.2. The van der Waals surface area contributed by atoms with Crippen molar-refractivity contribution in [3.63, 3.8) is 0 Å². The molecule has 9 nitrogen and oxygen atoms in total. The number of imide groups is 1. The first-order chi connectivity index (χ1) is 14.4. The number of hydrogen-bond acceptors (Lipinski definition) is 7. The number of amides is 3. The predicted octanol–water partition coefficient (Wildman–Crippen LogP) is 1.17. The molecule has 30 heavy (non-hydrogen) atoms. The van der Waals surface area contributed by atoms with Crippen LogP contribution in [0.4, 0.5) is 4.79 Å². The van der Waals surface area contributed by atoms with Crippen molar-refractivity contribution in [1.29, 1.82) is 0 Å². The van der Waals surface area contributed by atoms with Gasteiger partial charge in [-0.2, -0.15) is 5.10 Å². The van der Waals surface area contributed by atoms with Crippen LogP contribution in [0.5, 0.6) is 0 Å². The van der Waals surface area contributed by atoms with Crippen molar-refractivity contribution in [2.24, 2.45) is 28.8 Å². The van der Waals surface area contributed by atoms with E-state index in [2.05, 4.69) is 10.5 Å². The molecule has 3 aliphatic carbocycles. The number of carbonyl (C=O) groups excluding carboxylic acids is 3. The van der Waals surface area contributed by atoms with Crippen LogP contribution in [0.1, 0.15) is 58.3 Å². The Balaban J connectivity index is 1.59. The molecule has 4 fully saturated rings. The van der Waals surface area contributed by atoms with Crippen LogP contribution >= 0.6 is 0 Å². The van der Waals surface area contributed by atoms with Gasteiger partial charge in [0.1, 0.15) is 0 Å². The number of fused-ring (bicyclic) bond motifs is 3. The van der Waals surface area contributed by atoms with E-state index in [1.165, 1.54) is 4.90 Å². The average molecular weight is 421 g/mol. The molecule has 166 valence electrons. The smallest absolute Gasteiger partial charge is 0.427 e. The third kappa shape index (κ3) is 3.62. The first-order valence-electron chi connectivity index (χ1n) is 11.2. The lowest BCUT2D eigenvalue weighted by molar-refractivity contribution is -0.145. The molecule has 0 radical (unpaired) electrons. The third-order valence-electron chi connectivity index (χ3n) is 7.32. The highest BCUT2D eigenvalue weighted by molar-refractivity contribution is 6.06. The number of nitrogens with zero attached hydrogens (tertiary/aromatic N) is 2. The van der Waals surface area contributed by atoms with Crippen LogP contribution in [-0.4, -0.2) is 63.6 Å². The van der Waals surface area contributed by atoms with E-state index in [0.29, 0.717) is 18.6 Å². The molecule has 9 heteroatoms. The van der Waals surface area contributed by atoms with Gasteiger partial charge >= 0.3 is 6.09 Å². The summed E-state index contributed by atoms with van der Waals surface area (Å²) in [4.78, 5) is 39.6. The number of aliphatic hydroxyl groups excluding tert-OH is 2. The van der Waals surface area contributed by atoms with Crippen molar-refractivity contribution in [3.8, 4) is 0 Å². The van der Waals surface area contributed by atoms with E-state index >= 15 is 0 Å². The van der Waals surface area contributed by atoms with Gasteiger partial charge in [0.25, 0.3) is 0 Å². The zero-order valence-corrected chi connectivity index (χ0v) is 17.3. The number of ether oxygens (including phenoxy) is 1. The number of hydrazone groups is 1. The first kappa shape index (κ1) is 21.2. The molecule has 0 unspecified atom stereocenters. The van der Waals surface area contributed by atoms with E-state index in [0.717, 1.165) is 32.1 Å². The molecule has 1 saturated heterocycles. The number of likely N-dealkylation sites (tertiary alicyclic amines) is 1. The summed E-state index contributed by atoms with van der Waals surface area (Å²) in [6, 6.07) is -0.0490. The number of hydrogen-bond donors (Lipinski definition) is 3. The quantitative estimate of drug-likeness (QED) is 0.464. The van der Waals surface area contributed by atoms with Gasteiger partial charge < -0.3 is 14.9 Å². The monoisotopic (exact) mass is 421 g/mol. The van der Waals surface area contributed by atoms with E-state index in [-0.39, 0.29) is 36.8 Å². The lowest BCUT2D eigenvalue weighted by atomic mass is 9.60. The average Bonchev–Trinajstić information content (AvgIpc) is 3.00. The maximum atomic E-state index is 13.4. The van der Waals surface area contributed by atoms with Crippen LogP contribution in [0.2, 0.25) is 0 Å². The van der Waals surface area contributed by atoms with Gasteiger partial charge in [0.05, 0.1) is 30.7 Å². The van der Waals surface area contributed by atoms with E-state index in [4.69, 9.17) is 4.74 Å². The Kier molecular flexibility index (Phi) is 6.11. The lowest BCUT2D eigenvalue weighted by Crippen LogP contribution is -2.55. The topological polar surface area (TPSA) is 129 Å². The van der Waals surface area contributed by atoms with Crippen molar-refractivity contribution in [1.82, 2.24) is 10.3 Å². The number of carbonyl (C=O) groups is 3. The highest BCUT2D eigenvalue weighted by Gasteiger charge is 2.60. The van der Waals surface area contributed by atoms with Crippen LogP contribution in [0.25, 0.3) is 0 Å². The SMILES string of the molecule is CCOC(=O)N/N=C1\C[C@@H](O)[C@@H](O)[C@@H]2[C@@H]3C(=O)N(C4CCCCC4)C(=O)[C@@H]3CC[C@H]12. The maximum Gasteiger partial charge on any atom is 0.427 e. The fourth-order valence-electron chi connectivity index (χ4n) is 6.00. The molecule has 6 atom stereocenters. The molecule has 3 amide bonds. The molecule has 3 N–H and O–H groups in total. The fourth-order valence-corrected chi connectivity index (χ4v) is 6.00. The zero-order valence-electron chi connectivity index (χ0n) is 17.3. The minimum absolute atomic E-state index is 0.0490. The van der Waals surface area contributed by atoms with Crippen molar-refractivity contribution in [2.45, 2.75) is 76.5 Å². The van der Waals surface area contributed by atoms with Crippen LogP contribution in [0.15, 0.2) is 5.10 Å². The Morgan fingerprint density at radius 3 is 2.50 bits per heavy atom. The van der Waals surface area contributed by atoms with Gasteiger partial charge in [0.2, 0.25) is 11.8 Å². The Hall–Kier alpha value is -2.00. The van der Waals surface area contributed by atoms with Crippen LogP contribution in [0, 0.1) is 23.7 Å². The number of rotatable bonds is 3. The van der Waals surface area contributed by atoms with Crippen molar-refractivity contribution in [3.05, 3.63) is 0 Å². The Morgan fingerprint density at radius 1 is 1.10 bits per heavy atom. The third-order valence-corrected chi connectivity index (χ3v) is 7.32. The van der Waals surface area contributed by atoms with Gasteiger partial charge in [-0.15, -0.1) is 0 Å². The van der Waals surface area contributed by atoms with Crippen LogP contribution < -0.4 is 5.43 Å². The molecular formula is C21H31N3O6. The molecule has 1 heterocycles. The van der Waals surface area contributed by atoms with Crippen molar-refractivity contribution < 1.29 is 29.3 Å². The van der Waals surface area contributed by atoms with Gasteiger partial charge in [-0.1, -0.05) is 19.3 Å². The molecule has 0 bridgehead atoms. The summed E-state index contributed by atoms with van der Waals surface area (Å²) in [6.07, 6.45) is 3.18. The van der Waals surface area contributed by atoms with Gasteiger partial charge in [0, 0.05) is 30.0 Å². The van der Waals surface area contributed by atoms with Crippen molar-refractivity contribution in [2.75, 3.05) is 6.61 Å². The normalized spacial score (nSPS) is 38.4. The number of nitrogens with one attached hydrogen (secondary N) is 1. The summed E-state index contributed by atoms with van der Waals surface area (Å²) in [5.41, 5.74) is 2.88. The number of aliphatic hydroxyl groups is 2.